The van der Waals surface area contributed by atoms with Gasteiger partial charge in [0.25, 0.3) is 5.91 Å². The van der Waals surface area contributed by atoms with Gasteiger partial charge in [-0.15, -0.1) is 0 Å². The molecule has 0 spiro atoms. The van der Waals surface area contributed by atoms with E-state index in [9.17, 15) is 4.79 Å². The first kappa shape index (κ1) is 13.9. The molecular weight excluding hydrogens is 258 g/mol. The van der Waals surface area contributed by atoms with Crippen molar-refractivity contribution in [2.45, 2.75) is 6.54 Å². The van der Waals surface area contributed by atoms with Gasteiger partial charge in [0.15, 0.2) is 11.5 Å². The second-order valence-corrected chi connectivity index (χ2v) is 4.27. The minimum atomic E-state index is -0.159. The van der Waals surface area contributed by atoms with Gasteiger partial charge in [-0.2, -0.15) is 5.10 Å². The second kappa shape index (κ2) is 6.10. The van der Waals surface area contributed by atoms with Crippen LogP contribution in [-0.2, 0) is 13.6 Å². The molecule has 2 aromatic rings. The molecule has 1 amide bonds. The highest BCUT2D eigenvalue weighted by Crippen LogP contribution is 2.27. The zero-order chi connectivity index (χ0) is 14.5. The highest BCUT2D eigenvalue weighted by Gasteiger charge is 2.09. The Morgan fingerprint density at radius 2 is 2.05 bits per heavy atom. The van der Waals surface area contributed by atoms with E-state index in [-0.39, 0.29) is 5.91 Å². The summed E-state index contributed by atoms with van der Waals surface area (Å²) in [4.78, 5) is 11.9. The first-order chi connectivity index (χ1) is 9.63. The van der Waals surface area contributed by atoms with Gasteiger partial charge >= 0.3 is 0 Å². The van der Waals surface area contributed by atoms with Gasteiger partial charge in [0.2, 0.25) is 0 Å². The first-order valence-corrected chi connectivity index (χ1v) is 6.11. The fraction of sp³-hybridized carbons (Fsp3) is 0.286. The Hall–Kier alpha value is -2.50. The average molecular weight is 275 g/mol. The molecule has 0 aliphatic rings. The number of carbonyl (C=O) groups excluding carboxylic acids is 1. The van der Waals surface area contributed by atoms with Gasteiger partial charge in [0.05, 0.1) is 26.0 Å². The zero-order valence-electron chi connectivity index (χ0n) is 11.7. The topological polar surface area (TPSA) is 65.4 Å². The standard InChI is InChI=1S/C14H17N3O3/c1-17-9-11(8-16-17)14(18)15-7-10-4-5-12(19-2)13(6-10)20-3/h4-6,8-9H,7H2,1-3H3,(H,15,18). The molecule has 0 atom stereocenters. The maximum atomic E-state index is 11.9. The normalized spacial score (nSPS) is 10.2. The smallest absolute Gasteiger partial charge is 0.254 e. The molecule has 1 heterocycles. The van der Waals surface area contributed by atoms with Crippen molar-refractivity contribution < 1.29 is 14.3 Å². The molecule has 0 radical (unpaired) electrons. The van der Waals surface area contributed by atoms with Crippen molar-refractivity contribution in [3.05, 3.63) is 41.7 Å². The number of carbonyl (C=O) groups is 1. The molecule has 20 heavy (non-hydrogen) atoms. The molecule has 106 valence electrons. The molecule has 1 aromatic carbocycles. The molecule has 6 heteroatoms. The largest absolute Gasteiger partial charge is 0.493 e. The van der Waals surface area contributed by atoms with Gasteiger partial charge in [-0.1, -0.05) is 6.07 Å². The number of methoxy groups -OCH3 is 2. The van der Waals surface area contributed by atoms with Crippen LogP contribution in [0.3, 0.4) is 0 Å². The molecule has 1 N–H and O–H groups in total. The molecule has 6 nitrogen and oxygen atoms in total. The summed E-state index contributed by atoms with van der Waals surface area (Å²) in [5, 5.41) is 6.79. The lowest BCUT2D eigenvalue weighted by Crippen LogP contribution is -2.22. The van der Waals surface area contributed by atoms with Crippen LogP contribution in [0.15, 0.2) is 30.6 Å². The fourth-order valence-electron chi connectivity index (χ4n) is 1.81. The van der Waals surface area contributed by atoms with Gasteiger partial charge in [-0.25, -0.2) is 0 Å². The molecule has 0 unspecified atom stereocenters. The molecule has 0 bridgehead atoms. The van der Waals surface area contributed by atoms with Crippen molar-refractivity contribution in [2.24, 2.45) is 7.05 Å². The van der Waals surface area contributed by atoms with E-state index in [1.54, 1.807) is 32.1 Å². The quantitative estimate of drug-likeness (QED) is 0.895. The Bertz CT molecular complexity index is 607. The van der Waals surface area contributed by atoms with Crippen LogP contribution in [0.5, 0.6) is 11.5 Å². The van der Waals surface area contributed by atoms with Gasteiger partial charge in [-0.3, -0.25) is 9.48 Å². The Morgan fingerprint density at radius 1 is 1.30 bits per heavy atom. The number of benzene rings is 1. The van der Waals surface area contributed by atoms with E-state index in [4.69, 9.17) is 9.47 Å². The summed E-state index contributed by atoms with van der Waals surface area (Å²) >= 11 is 0. The molecule has 0 saturated heterocycles. The van der Waals surface area contributed by atoms with Crippen molar-refractivity contribution in [2.75, 3.05) is 14.2 Å². The SMILES string of the molecule is COc1ccc(CNC(=O)c2cnn(C)c2)cc1OC. The summed E-state index contributed by atoms with van der Waals surface area (Å²) in [7, 11) is 4.93. The minimum absolute atomic E-state index is 0.159. The van der Waals surface area contributed by atoms with E-state index in [2.05, 4.69) is 10.4 Å². The number of hydrogen-bond acceptors (Lipinski definition) is 4. The molecular formula is C14H17N3O3. The van der Waals surface area contributed by atoms with Crippen LogP contribution in [-0.4, -0.2) is 29.9 Å². The number of rotatable bonds is 5. The van der Waals surface area contributed by atoms with Crippen LogP contribution < -0.4 is 14.8 Å². The summed E-state index contributed by atoms with van der Waals surface area (Å²) < 4.78 is 12.0. The van der Waals surface area contributed by atoms with E-state index < -0.39 is 0 Å². The van der Waals surface area contributed by atoms with Crippen molar-refractivity contribution in [3.63, 3.8) is 0 Å². The van der Waals surface area contributed by atoms with Gasteiger partial charge in [0.1, 0.15) is 0 Å². The van der Waals surface area contributed by atoms with Gasteiger partial charge in [0, 0.05) is 19.8 Å². The number of hydrogen-bond donors (Lipinski definition) is 1. The highest BCUT2D eigenvalue weighted by molar-refractivity contribution is 5.93. The van der Waals surface area contributed by atoms with E-state index in [0.717, 1.165) is 5.56 Å². The summed E-state index contributed by atoms with van der Waals surface area (Å²) in [5.41, 5.74) is 1.47. The van der Waals surface area contributed by atoms with Crippen LogP contribution in [0.2, 0.25) is 0 Å². The Morgan fingerprint density at radius 3 is 2.65 bits per heavy atom. The predicted molar refractivity (Wildman–Crippen MR) is 73.9 cm³/mol. The van der Waals surface area contributed by atoms with Crippen LogP contribution in [0.25, 0.3) is 0 Å². The van der Waals surface area contributed by atoms with Crippen molar-refractivity contribution in [1.29, 1.82) is 0 Å². The van der Waals surface area contributed by atoms with E-state index in [0.29, 0.717) is 23.6 Å². The summed E-state index contributed by atoms with van der Waals surface area (Å²) in [5.74, 6) is 1.14. The Kier molecular flexibility index (Phi) is 4.24. The van der Waals surface area contributed by atoms with E-state index in [1.807, 2.05) is 18.2 Å². The fourth-order valence-corrected chi connectivity index (χ4v) is 1.81. The summed E-state index contributed by atoms with van der Waals surface area (Å²) in [6, 6.07) is 5.53. The zero-order valence-corrected chi connectivity index (χ0v) is 11.7. The second-order valence-electron chi connectivity index (χ2n) is 4.27. The van der Waals surface area contributed by atoms with Crippen LogP contribution in [0.4, 0.5) is 0 Å². The summed E-state index contributed by atoms with van der Waals surface area (Å²) in [6.45, 7) is 0.411. The van der Waals surface area contributed by atoms with E-state index >= 15 is 0 Å². The third-order valence-corrected chi connectivity index (χ3v) is 2.87. The third kappa shape index (κ3) is 3.09. The van der Waals surface area contributed by atoms with Crippen molar-refractivity contribution in [3.8, 4) is 11.5 Å². The minimum Gasteiger partial charge on any atom is -0.493 e. The lowest BCUT2D eigenvalue weighted by Gasteiger charge is -2.10. The van der Waals surface area contributed by atoms with E-state index in [1.165, 1.54) is 6.20 Å². The van der Waals surface area contributed by atoms with Crippen molar-refractivity contribution in [1.82, 2.24) is 15.1 Å². The lowest BCUT2D eigenvalue weighted by atomic mass is 10.2. The van der Waals surface area contributed by atoms with Gasteiger partial charge < -0.3 is 14.8 Å². The number of amides is 1. The van der Waals surface area contributed by atoms with Crippen LogP contribution in [0, 0.1) is 0 Å². The molecule has 0 fully saturated rings. The first-order valence-electron chi connectivity index (χ1n) is 6.11. The maximum absolute atomic E-state index is 11.9. The third-order valence-electron chi connectivity index (χ3n) is 2.87. The number of nitrogens with zero attached hydrogens (tertiary/aromatic N) is 2. The van der Waals surface area contributed by atoms with Crippen LogP contribution >= 0.6 is 0 Å². The molecule has 0 saturated carbocycles. The highest BCUT2D eigenvalue weighted by atomic mass is 16.5. The predicted octanol–water partition coefficient (Wildman–Crippen LogP) is 1.37. The number of nitrogens with one attached hydrogen (secondary N) is 1. The van der Waals surface area contributed by atoms with Gasteiger partial charge in [-0.05, 0) is 17.7 Å². The van der Waals surface area contributed by atoms with Crippen LogP contribution in [0.1, 0.15) is 15.9 Å². The average Bonchev–Trinajstić information content (AvgIpc) is 2.91. The lowest BCUT2D eigenvalue weighted by molar-refractivity contribution is 0.0951. The number of ether oxygens (including phenoxy) is 2. The Labute approximate surface area is 117 Å². The maximum Gasteiger partial charge on any atom is 0.254 e. The number of aromatic nitrogens is 2. The molecule has 0 aliphatic carbocycles. The van der Waals surface area contributed by atoms with Crippen molar-refractivity contribution >= 4 is 5.91 Å². The monoisotopic (exact) mass is 275 g/mol. The molecule has 0 aliphatic heterocycles. The number of aryl methyl sites for hydroxylation is 1. The molecule has 2 rings (SSSR count). The Balaban J connectivity index is 2.02. The summed E-state index contributed by atoms with van der Waals surface area (Å²) in [6.07, 6.45) is 3.20. The molecule has 1 aromatic heterocycles.